The fraction of sp³-hybridized carbons (Fsp3) is 0.250. The molecule has 2 heterocycles. The molecule has 0 aliphatic carbocycles. The van der Waals surface area contributed by atoms with Gasteiger partial charge in [-0.05, 0) is 0 Å². The third-order valence-electron chi connectivity index (χ3n) is 1.81. The maximum atomic E-state index is 5.86. The first-order valence-electron chi connectivity index (χ1n) is 4.53. The molecule has 7 nitrogen and oxygen atoms in total. The van der Waals surface area contributed by atoms with E-state index >= 15 is 0 Å². The lowest BCUT2D eigenvalue weighted by atomic mass is 10.4. The van der Waals surface area contributed by atoms with Gasteiger partial charge in [0, 0.05) is 13.0 Å². The standard InChI is InChI=1S/C8H9ClN6O/c9-5-3-12-8(10)14-7(5)11-2-1-6-13-4-16-15-6/h3-4H,1-2H2,(H3,10,11,12,14). The monoisotopic (exact) mass is 240 g/mol. The fourth-order valence-corrected chi connectivity index (χ4v) is 1.26. The van der Waals surface area contributed by atoms with Gasteiger partial charge in [0.05, 0.1) is 6.20 Å². The van der Waals surface area contributed by atoms with Crippen LogP contribution in [0, 0.1) is 0 Å². The average molecular weight is 241 g/mol. The summed E-state index contributed by atoms with van der Waals surface area (Å²) in [6, 6.07) is 0. The van der Waals surface area contributed by atoms with Crippen molar-refractivity contribution < 1.29 is 4.52 Å². The van der Waals surface area contributed by atoms with E-state index in [1.165, 1.54) is 12.6 Å². The molecule has 8 heteroatoms. The number of rotatable bonds is 4. The number of anilines is 2. The molecule has 0 unspecified atom stereocenters. The molecule has 16 heavy (non-hydrogen) atoms. The van der Waals surface area contributed by atoms with Crippen LogP contribution in [-0.2, 0) is 6.42 Å². The van der Waals surface area contributed by atoms with E-state index in [4.69, 9.17) is 17.3 Å². The Balaban J connectivity index is 1.92. The first-order chi connectivity index (χ1) is 7.75. The minimum Gasteiger partial charge on any atom is -0.368 e. The van der Waals surface area contributed by atoms with Crippen molar-refractivity contribution in [2.24, 2.45) is 0 Å². The number of nitrogens with zero attached hydrogens (tertiary/aromatic N) is 4. The van der Waals surface area contributed by atoms with Crippen molar-refractivity contribution in [3.05, 3.63) is 23.4 Å². The SMILES string of the molecule is Nc1ncc(Cl)c(NCCc2ncon2)n1. The van der Waals surface area contributed by atoms with E-state index in [-0.39, 0.29) is 5.95 Å². The molecular formula is C8H9ClN6O. The Morgan fingerprint density at radius 3 is 3.06 bits per heavy atom. The molecule has 0 aliphatic rings. The Hall–Kier alpha value is -1.89. The summed E-state index contributed by atoms with van der Waals surface area (Å²) in [7, 11) is 0. The zero-order valence-corrected chi connectivity index (χ0v) is 8.98. The molecule has 2 rings (SSSR count). The molecule has 3 N–H and O–H groups in total. The van der Waals surface area contributed by atoms with Gasteiger partial charge in [-0.15, -0.1) is 0 Å². The number of hydrogen-bond donors (Lipinski definition) is 2. The van der Waals surface area contributed by atoms with Gasteiger partial charge in [-0.3, -0.25) is 0 Å². The van der Waals surface area contributed by atoms with Gasteiger partial charge in [0.25, 0.3) is 0 Å². The van der Waals surface area contributed by atoms with Crippen molar-refractivity contribution in [2.45, 2.75) is 6.42 Å². The van der Waals surface area contributed by atoms with Crippen molar-refractivity contribution in [2.75, 3.05) is 17.6 Å². The second kappa shape index (κ2) is 4.75. The summed E-state index contributed by atoms with van der Waals surface area (Å²) < 4.78 is 4.60. The van der Waals surface area contributed by atoms with E-state index < -0.39 is 0 Å². The molecule has 0 spiro atoms. The van der Waals surface area contributed by atoms with Crippen LogP contribution < -0.4 is 11.1 Å². The Morgan fingerprint density at radius 2 is 2.31 bits per heavy atom. The van der Waals surface area contributed by atoms with Crippen molar-refractivity contribution >= 4 is 23.4 Å². The maximum absolute atomic E-state index is 5.86. The highest BCUT2D eigenvalue weighted by Gasteiger charge is 2.04. The Morgan fingerprint density at radius 1 is 1.44 bits per heavy atom. The summed E-state index contributed by atoms with van der Waals surface area (Å²) in [6.45, 7) is 0.579. The lowest BCUT2D eigenvalue weighted by molar-refractivity contribution is 0.410. The summed E-state index contributed by atoms with van der Waals surface area (Å²) in [5, 5.41) is 7.10. The molecule has 0 amide bonds. The molecule has 0 saturated heterocycles. The van der Waals surface area contributed by atoms with Crippen molar-refractivity contribution in [1.82, 2.24) is 20.1 Å². The lowest BCUT2D eigenvalue weighted by Gasteiger charge is -2.05. The Bertz CT molecular complexity index is 460. The number of nitrogens with two attached hydrogens (primary N) is 1. The van der Waals surface area contributed by atoms with Crippen LogP contribution in [0.25, 0.3) is 0 Å². The highest BCUT2D eigenvalue weighted by Crippen LogP contribution is 2.17. The molecule has 0 fully saturated rings. The second-order valence-corrected chi connectivity index (χ2v) is 3.36. The lowest BCUT2D eigenvalue weighted by Crippen LogP contribution is -2.09. The number of aromatic nitrogens is 4. The molecular weight excluding hydrogens is 232 g/mol. The van der Waals surface area contributed by atoms with Crippen LogP contribution in [0.15, 0.2) is 17.1 Å². The summed E-state index contributed by atoms with van der Waals surface area (Å²) in [5.74, 6) is 1.29. The molecule has 2 aromatic heterocycles. The van der Waals surface area contributed by atoms with E-state index in [9.17, 15) is 0 Å². The molecule has 84 valence electrons. The predicted molar refractivity (Wildman–Crippen MR) is 57.9 cm³/mol. The van der Waals surface area contributed by atoms with Gasteiger partial charge < -0.3 is 15.6 Å². The first kappa shape index (κ1) is 10.6. The van der Waals surface area contributed by atoms with E-state index in [2.05, 4.69) is 29.9 Å². The molecule has 0 atom stereocenters. The Labute approximate surface area is 96.0 Å². The zero-order valence-electron chi connectivity index (χ0n) is 8.22. The van der Waals surface area contributed by atoms with E-state index in [0.29, 0.717) is 29.6 Å². The minimum absolute atomic E-state index is 0.173. The number of nitrogen functional groups attached to an aromatic ring is 1. The van der Waals surface area contributed by atoms with Gasteiger partial charge in [0.1, 0.15) is 10.8 Å². The van der Waals surface area contributed by atoms with Gasteiger partial charge in [-0.1, -0.05) is 16.8 Å². The normalized spacial score (nSPS) is 10.3. The van der Waals surface area contributed by atoms with Crippen LogP contribution >= 0.6 is 11.6 Å². The summed E-state index contributed by atoms with van der Waals surface area (Å²) in [5.41, 5.74) is 5.43. The quantitative estimate of drug-likeness (QED) is 0.813. The fourth-order valence-electron chi connectivity index (χ4n) is 1.10. The first-order valence-corrected chi connectivity index (χ1v) is 4.90. The van der Waals surface area contributed by atoms with Crippen LogP contribution in [0.2, 0.25) is 5.02 Å². The second-order valence-electron chi connectivity index (χ2n) is 2.95. The molecule has 0 radical (unpaired) electrons. The van der Waals surface area contributed by atoms with Crippen molar-refractivity contribution in [3.63, 3.8) is 0 Å². The third kappa shape index (κ3) is 2.57. The average Bonchev–Trinajstić information content (AvgIpc) is 2.76. The van der Waals surface area contributed by atoms with Gasteiger partial charge in [0.2, 0.25) is 12.3 Å². The van der Waals surface area contributed by atoms with Crippen LogP contribution in [0.3, 0.4) is 0 Å². The topological polar surface area (TPSA) is 103 Å². The van der Waals surface area contributed by atoms with Crippen LogP contribution in [0.5, 0.6) is 0 Å². The summed E-state index contributed by atoms with van der Waals surface area (Å²) in [6.07, 6.45) is 3.34. The van der Waals surface area contributed by atoms with Crippen LogP contribution in [-0.4, -0.2) is 26.7 Å². The zero-order chi connectivity index (χ0) is 11.4. The van der Waals surface area contributed by atoms with E-state index in [1.807, 2.05) is 0 Å². The number of hydrogen-bond acceptors (Lipinski definition) is 7. The highest BCUT2D eigenvalue weighted by molar-refractivity contribution is 6.32. The van der Waals surface area contributed by atoms with E-state index in [1.54, 1.807) is 0 Å². The van der Waals surface area contributed by atoms with Crippen LogP contribution in [0.1, 0.15) is 5.82 Å². The van der Waals surface area contributed by atoms with Gasteiger partial charge in [0.15, 0.2) is 5.82 Å². The number of nitrogens with one attached hydrogen (secondary N) is 1. The summed E-state index contributed by atoms with van der Waals surface area (Å²) in [4.78, 5) is 11.6. The molecule has 0 aromatic carbocycles. The van der Waals surface area contributed by atoms with Crippen molar-refractivity contribution in [1.29, 1.82) is 0 Å². The smallest absolute Gasteiger partial charge is 0.222 e. The Kier molecular flexibility index (Phi) is 3.16. The third-order valence-corrected chi connectivity index (χ3v) is 2.09. The van der Waals surface area contributed by atoms with Gasteiger partial charge in [-0.25, -0.2) is 4.98 Å². The number of halogens is 1. The largest absolute Gasteiger partial charge is 0.368 e. The molecule has 0 aliphatic heterocycles. The molecule has 2 aromatic rings. The molecule has 0 bridgehead atoms. The predicted octanol–water partition coefficient (Wildman–Crippen LogP) is 0.750. The highest BCUT2D eigenvalue weighted by atomic mass is 35.5. The summed E-state index contributed by atoms with van der Waals surface area (Å²) >= 11 is 5.86. The van der Waals surface area contributed by atoms with Crippen molar-refractivity contribution in [3.8, 4) is 0 Å². The molecule has 0 saturated carbocycles. The van der Waals surface area contributed by atoms with Gasteiger partial charge in [-0.2, -0.15) is 9.97 Å². The van der Waals surface area contributed by atoms with Crippen LogP contribution in [0.4, 0.5) is 11.8 Å². The van der Waals surface area contributed by atoms with Gasteiger partial charge >= 0.3 is 0 Å². The maximum Gasteiger partial charge on any atom is 0.222 e. The minimum atomic E-state index is 0.173. The van der Waals surface area contributed by atoms with E-state index in [0.717, 1.165) is 0 Å².